The standard InChI is InChI=1S/C12H14N2O2/c13-8-10(14)6-9-2-3-11-12(7-9)16-5-1-4-15-11/h2-3,7,10H,1,4-6,14H2. The molecule has 0 spiro atoms. The second-order valence-electron chi connectivity index (χ2n) is 3.77. The number of ether oxygens (including phenoxy) is 2. The molecule has 0 amide bonds. The molecule has 4 heteroatoms. The van der Waals surface area contributed by atoms with Crippen LogP contribution in [0.5, 0.6) is 11.5 Å². The molecule has 2 N–H and O–H groups in total. The van der Waals surface area contributed by atoms with Gasteiger partial charge in [0.1, 0.15) is 0 Å². The van der Waals surface area contributed by atoms with Gasteiger partial charge in [0.05, 0.1) is 25.3 Å². The molecule has 0 saturated carbocycles. The molecule has 16 heavy (non-hydrogen) atoms. The zero-order chi connectivity index (χ0) is 11.4. The molecule has 4 nitrogen and oxygen atoms in total. The number of hydrogen-bond donors (Lipinski definition) is 1. The van der Waals surface area contributed by atoms with Gasteiger partial charge >= 0.3 is 0 Å². The van der Waals surface area contributed by atoms with E-state index in [4.69, 9.17) is 20.5 Å². The Bertz CT molecular complexity index is 412. The first-order chi connectivity index (χ1) is 7.79. The normalized spacial score (nSPS) is 16.0. The summed E-state index contributed by atoms with van der Waals surface area (Å²) in [4.78, 5) is 0. The fourth-order valence-corrected chi connectivity index (χ4v) is 1.63. The Balaban J connectivity index is 2.18. The first-order valence-electron chi connectivity index (χ1n) is 5.33. The van der Waals surface area contributed by atoms with Gasteiger partial charge in [0.2, 0.25) is 0 Å². The third kappa shape index (κ3) is 2.44. The quantitative estimate of drug-likeness (QED) is 0.811. The van der Waals surface area contributed by atoms with E-state index in [1.807, 2.05) is 24.3 Å². The van der Waals surface area contributed by atoms with Gasteiger partial charge < -0.3 is 15.2 Å². The van der Waals surface area contributed by atoms with Crippen LogP contribution in [-0.4, -0.2) is 19.3 Å². The van der Waals surface area contributed by atoms with Crippen LogP contribution in [0, 0.1) is 11.3 Å². The zero-order valence-electron chi connectivity index (χ0n) is 8.98. The molecule has 0 fully saturated rings. The van der Waals surface area contributed by atoms with Crippen LogP contribution in [0.4, 0.5) is 0 Å². The van der Waals surface area contributed by atoms with Crippen LogP contribution in [0.3, 0.4) is 0 Å². The Labute approximate surface area is 94.6 Å². The summed E-state index contributed by atoms with van der Waals surface area (Å²) in [6, 6.07) is 7.24. The van der Waals surface area contributed by atoms with Crippen LogP contribution in [0.1, 0.15) is 12.0 Å². The number of fused-ring (bicyclic) bond motifs is 1. The number of hydrogen-bond acceptors (Lipinski definition) is 4. The molecular formula is C12H14N2O2. The average molecular weight is 218 g/mol. The maximum atomic E-state index is 8.65. The maximum Gasteiger partial charge on any atom is 0.161 e. The molecule has 84 valence electrons. The number of benzene rings is 1. The van der Waals surface area contributed by atoms with Crippen molar-refractivity contribution >= 4 is 0 Å². The smallest absolute Gasteiger partial charge is 0.161 e. The van der Waals surface area contributed by atoms with Crippen LogP contribution in [-0.2, 0) is 6.42 Å². The lowest BCUT2D eigenvalue weighted by Crippen LogP contribution is -2.20. The largest absolute Gasteiger partial charge is 0.490 e. The third-order valence-corrected chi connectivity index (χ3v) is 2.43. The van der Waals surface area contributed by atoms with Crippen molar-refractivity contribution in [3.8, 4) is 17.6 Å². The third-order valence-electron chi connectivity index (χ3n) is 2.43. The van der Waals surface area contributed by atoms with Crippen LogP contribution in [0.15, 0.2) is 18.2 Å². The lowest BCUT2D eigenvalue weighted by molar-refractivity contribution is 0.297. The molecule has 1 aromatic carbocycles. The predicted octanol–water partition coefficient (Wildman–Crippen LogP) is 1.24. The maximum absolute atomic E-state index is 8.65. The molecule has 0 aliphatic carbocycles. The van der Waals surface area contributed by atoms with Gasteiger partial charge in [-0.15, -0.1) is 0 Å². The van der Waals surface area contributed by atoms with E-state index in [1.165, 1.54) is 0 Å². The van der Waals surface area contributed by atoms with Crippen LogP contribution in [0.25, 0.3) is 0 Å². The lowest BCUT2D eigenvalue weighted by atomic mass is 10.1. The van der Waals surface area contributed by atoms with Crippen molar-refractivity contribution < 1.29 is 9.47 Å². The molecule has 0 bridgehead atoms. The molecule has 0 radical (unpaired) electrons. The van der Waals surface area contributed by atoms with E-state index < -0.39 is 6.04 Å². The molecule has 1 aromatic rings. The summed E-state index contributed by atoms with van der Waals surface area (Å²) in [5.74, 6) is 1.52. The number of nitrogens with two attached hydrogens (primary N) is 1. The minimum Gasteiger partial charge on any atom is -0.490 e. The van der Waals surface area contributed by atoms with Gasteiger partial charge in [0.25, 0.3) is 0 Å². The minimum atomic E-state index is -0.468. The van der Waals surface area contributed by atoms with E-state index in [0.29, 0.717) is 19.6 Å². The summed E-state index contributed by atoms with van der Waals surface area (Å²) in [6.45, 7) is 1.35. The highest BCUT2D eigenvalue weighted by Gasteiger charge is 2.11. The van der Waals surface area contributed by atoms with Crippen molar-refractivity contribution in [2.24, 2.45) is 5.73 Å². The van der Waals surface area contributed by atoms with E-state index in [-0.39, 0.29) is 0 Å². The Kier molecular flexibility index (Phi) is 3.28. The summed E-state index contributed by atoms with van der Waals surface area (Å²) >= 11 is 0. The van der Waals surface area contributed by atoms with E-state index in [0.717, 1.165) is 23.5 Å². The van der Waals surface area contributed by atoms with E-state index in [2.05, 4.69) is 0 Å². The molecule has 0 aromatic heterocycles. The molecule has 0 saturated heterocycles. The second kappa shape index (κ2) is 4.86. The van der Waals surface area contributed by atoms with Crippen molar-refractivity contribution in [2.45, 2.75) is 18.9 Å². The van der Waals surface area contributed by atoms with Crippen molar-refractivity contribution in [1.29, 1.82) is 5.26 Å². The van der Waals surface area contributed by atoms with Crippen LogP contribution >= 0.6 is 0 Å². The van der Waals surface area contributed by atoms with Gasteiger partial charge in [0, 0.05) is 12.8 Å². The lowest BCUT2D eigenvalue weighted by Gasteiger charge is -2.09. The topological polar surface area (TPSA) is 68.3 Å². The second-order valence-corrected chi connectivity index (χ2v) is 3.77. The highest BCUT2D eigenvalue weighted by molar-refractivity contribution is 5.43. The zero-order valence-corrected chi connectivity index (χ0v) is 8.98. The fraction of sp³-hybridized carbons (Fsp3) is 0.417. The summed E-state index contributed by atoms with van der Waals surface area (Å²) in [5.41, 5.74) is 6.58. The highest BCUT2D eigenvalue weighted by Crippen LogP contribution is 2.30. The Hall–Kier alpha value is -1.73. The average Bonchev–Trinajstić information content (AvgIpc) is 2.53. The van der Waals surface area contributed by atoms with E-state index >= 15 is 0 Å². The molecule has 1 atom stereocenters. The first kappa shape index (κ1) is 10.8. The van der Waals surface area contributed by atoms with Gasteiger partial charge in [0.15, 0.2) is 11.5 Å². The van der Waals surface area contributed by atoms with E-state index in [1.54, 1.807) is 0 Å². The first-order valence-corrected chi connectivity index (χ1v) is 5.33. The van der Waals surface area contributed by atoms with Crippen molar-refractivity contribution in [1.82, 2.24) is 0 Å². The van der Waals surface area contributed by atoms with Gasteiger partial charge in [-0.05, 0) is 17.7 Å². The monoisotopic (exact) mass is 218 g/mol. The van der Waals surface area contributed by atoms with Gasteiger partial charge in [-0.1, -0.05) is 6.07 Å². The van der Waals surface area contributed by atoms with Crippen molar-refractivity contribution in [3.63, 3.8) is 0 Å². The molecule has 1 aliphatic rings. The van der Waals surface area contributed by atoms with Gasteiger partial charge in [-0.25, -0.2) is 0 Å². The van der Waals surface area contributed by atoms with E-state index in [9.17, 15) is 0 Å². The molecule has 1 unspecified atom stereocenters. The molecular weight excluding hydrogens is 204 g/mol. The van der Waals surface area contributed by atoms with Crippen LogP contribution < -0.4 is 15.2 Å². The van der Waals surface area contributed by atoms with Crippen LogP contribution in [0.2, 0.25) is 0 Å². The van der Waals surface area contributed by atoms with Gasteiger partial charge in [-0.2, -0.15) is 5.26 Å². The fourth-order valence-electron chi connectivity index (χ4n) is 1.63. The number of nitriles is 1. The number of rotatable bonds is 2. The minimum absolute atomic E-state index is 0.468. The van der Waals surface area contributed by atoms with Crippen molar-refractivity contribution in [3.05, 3.63) is 23.8 Å². The van der Waals surface area contributed by atoms with Crippen molar-refractivity contribution in [2.75, 3.05) is 13.2 Å². The Morgan fingerprint density at radius 2 is 2.06 bits per heavy atom. The molecule has 1 aliphatic heterocycles. The number of nitrogens with zero attached hydrogens (tertiary/aromatic N) is 1. The Morgan fingerprint density at radius 3 is 2.81 bits per heavy atom. The highest BCUT2D eigenvalue weighted by atomic mass is 16.5. The SMILES string of the molecule is N#CC(N)Cc1ccc2c(c1)OCCCO2. The summed E-state index contributed by atoms with van der Waals surface area (Å²) in [5, 5.41) is 8.65. The Morgan fingerprint density at radius 1 is 1.31 bits per heavy atom. The van der Waals surface area contributed by atoms with Gasteiger partial charge in [-0.3, -0.25) is 0 Å². The molecule has 2 rings (SSSR count). The predicted molar refractivity (Wildman–Crippen MR) is 59.3 cm³/mol. The summed E-state index contributed by atoms with van der Waals surface area (Å²) in [7, 11) is 0. The summed E-state index contributed by atoms with van der Waals surface area (Å²) in [6.07, 6.45) is 1.43. The molecule has 1 heterocycles. The summed E-state index contributed by atoms with van der Waals surface area (Å²) < 4.78 is 11.1.